The number of benzene rings is 1. The van der Waals surface area contributed by atoms with Crippen LogP contribution in [0, 0.1) is 5.92 Å². The highest BCUT2D eigenvalue weighted by molar-refractivity contribution is 5.87. The molecule has 0 spiro atoms. The zero-order valence-corrected chi connectivity index (χ0v) is 16.3. The Morgan fingerprint density at radius 3 is 2.59 bits per heavy atom. The summed E-state index contributed by atoms with van der Waals surface area (Å²) in [5, 5.41) is 9.22. The summed E-state index contributed by atoms with van der Waals surface area (Å²) in [6.07, 6.45) is 2.46. The van der Waals surface area contributed by atoms with Crippen LogP contribution in [0.15, 0.2) is 24.3 Å². The number of amides is 1. The molecule has 2 aliphatic rings. The van der Waals surface area contributed by atoms with Gasteiger partial charge in [-0.3, -0.25) is 0 Å². The average molecular weight is 375 g/mol. The lowest BCUT2D eigenvalue weighted by atomic mass is 9.99. The van der Waals surface area contributed by atoms with E-state index in [-0.39, 0.29) is 23.6 Å². The van der Waals surface area contributed by atoms with Crippen molar-refractivity contribution in [2.24, 2.45) is 5.92 Å². The molecule has 1 aliphatic heterocycles. The normalized spacial score (nSPS) is 22.9. The zero-order chi connectivity index (χ0) is 19.6. The maximum absolute atomic E-state index is 12.8. The Kier molecular flexibility index (Phi) is 5.75. The fourth-order valence-electron chi connectivity index (χ4n) is 3.66. The summed E-state index contributed by atoms with van der Waals surface area (Å²) in [7, 11) is 0. The molecule has 1 saturated carbocycles. The van der Waals surface area contributed by atoms with Crippen LogP contribution in [-0.4, -0.2) is 53.5 Å². The van der Waals surface area contributed by atoms with E-state index in [1.807, 2.05) is 31.7 Å². The molecule has 148 valence electrons. The van der Waals surface area contributed by atoms with Gasteiger partial charge in [0.1, 0.15) is 5.60 Å². The Morgan fingerprint density at radius 2 is 1.96 bits per heavy atom. The predicted octanol–water partition coefficient (Wildman–Crippen LogP) is 3.90. The quantitative estimate of drug-likeness (QED) is 0.844. The minimum Gasteiger partial charge on any atom is -0.478 e. The first-order valence-corrected chi connectivity index (χ1v) is 9.65. The van der Waals surface area contributed by atoms with Crippen LogP contribution >= 0.6 is 0 Å². The summed E-state index contributed by atoms with van der Waals surface area (Å²) in [5.41, 5.74) is 0.713. The monoisotopic (exact) mass is 375 g/mol. The summed E-state index contributed by atoms with van der Waals surface area (Å²) in [5.74, 6) is -0.352. The predicted molar refractivity (Wildman–Crippen MR) is 101 cm³/mol. The maximum Gasteiger partial charge on any atom is 0.410 e. The number of nitrogens with zero attached hydrogens (tertiary/aromatic N) is 1. The van der Waals surface area contributed by atoms with E-state index in [0.29, 0.717) is 12.5 Å². The molecule has 2 fully saturated rings. The number of carbonyl (C=O) groups is 2. The lowest BCUT2D eigenvalue weighted by molar-refractivity contribution is 0.0100. The van der Waals surface area contributed by atoms with Crippen molar-refractivity contribution in [2.45, 2.75) is 57.6 Å². The second kappa shape index (κ2) is 7.89. The number of hydrogen-bond acceptors (Lipinski definition) is 4. The molecule has 2 atom stereocenters. The van der Waals surface area contributed by atoms with E-state index in [2.05, 4.69) is 0 Å². The molecule has 27 heavy (non-hydrogen) atoms. The summed E-state index contributed by atoms with van der Waals surface area (Å²) in [6.45, 7) is 7.76. The van der Waals surface area contributed by atoms with Crippen molar-refractivity contribution in [3.63, 3.8) is 0 Å². The first-order chi connectivity index (χ1) is 12.7. The van der Waals surface area contributed by atoms with Gasteiger partial charge in [-0.25, -0.2) is 9.59 Å². The molecule has 6 heteroatoms. The molecular weight excluding hydrogens is 346 g/mol. The molecular formula is C21H29NO5. The topological polar surface area (TPSA) is 76.1 Å². The summed E-state index contributed by atoms with van der Waals surface area (Å²) < 4.78 is 11.1. The number of carbonyl (C=O) groups excluding carboxylic acids is 1. The van der Waals surface area contributed by atoms with Gasteiger partial charge in [-0.15, -0.1) is 0 Å². The van der Waals surface area contributed by atoms with Gasteiger partial charge in [0.05, 0.1) is 5.56 Å². The van der Waals surface area contributed by atoms with E-state index < -0.39 is 11.6 Å². The van der Waals surface area contributed by atoms with Crippen LogP contribution in [-0.2, 0) is 9.47 Å². The van der Waals surface area contributed by atoms with Crippen molar-refractivity contribution in [3.8, 4) is 0 Å². The van der Waals surface area contributed by atoms with Crippen LogP contribution < -0.4 is 0 Å². The van der Waals surface area contributed by atoms with E-state index in [1.165, 1.54) is 0 Å². The van der Waals surface area contributed by atoms with Gasteiger partial charge in [0, 0.05) is 31.7 Å². The fraction of sp³-hybridized carbons (Fsp3) is 0.619. The van der Waals surface area contributed by atoms with Crippen molar-refractivity contribution < 1.29 is 24.2 Å². The second-order valence-electron chi connectivity index (χ2n) is 8.53. The van der Waals surface area contributed by atoms with Gasteiger partial charge in [0.25, 0.3) is 0 Å². The first kappa shape index (κ1) is 19.7. The van der Waals surface area contributed by atoms with Crippen molar-refractivity contribution in [1.29, 1.82) is 0 Å². The molecule has 0 aromatic heterocycles. The van der Waals surface area contributed by atoms with E-state index in [1.54, 1.807) is 18.2 Å². The molecule has 1 heterocycles. The van der Waals surface area contributed by atoms with Crippen LogP contribution in [0.2, 0.25) is 0 Å². The molecule has 0 bridgehead atoms. The molecule has 2 unspecified atom stereocenters. The van der Waals surface area contributed by atoms with Gasteiger partial charge < -0.3 is 19.5 Å². The van der Waals surface area contributed by atoms with E-state index in [4.69, 9.17) is 9.47 Å². The van der Waals surface area contributed by atoms with Gasteiger partial charge in [-0.1, -0.05) is 12.1 Å². The highest BCUT2D eigenvalue weighted by atomic mass is 16.6. The van der Waals surface area contributed by atoms with Crippen molar-refractivity contribution in [3.05, 3.63) is 35.4 Å². The van der Waals surface area contributed by atoms with E-state index in [9.17, 15) is 14.7 Å². The van der Waals surface area contributed by atoms with Crippen molar-refractivity contribution in [2.75, 3.05) is 19.8 Å². The lowest BCUT2D eigenvalue weighted by Crippen LogP contribution is -2.42. The van der Waals surface area contributed by atoms with Crippen molar-refractivity contribution in [1.82, 2.24) is 4.90 Å². The molecule has 1 amide bonds. The Hall–Kier alpha value is -2.08. The van der Waals surface area contributed by atoms with Crippen LogP contribution in [0.1, 0.15) is 61.9 Å². The van der Waals surface area contributed by atoms with Crippen LogP contribution in [0.3, 0.4) is 0 Å². The van der Waals surface area contributed by atoms with Crippen LogP contribution in [0.5, 0.6) is 0 Å². The number of ether oxygens (including phenoxy) is 2. The third kappa shape index (κ3) is 5.22. The highest BCUT2D eigenvalue weighted by Crippen LogP contribution is 2.46. The van der Waals surface area contributed by atoms with Gasteiger partial charge in [-0.05, 0) is 63.6 Å². The van der Waals surface area contributed by atoms with Gasteiger partial charge in [-0.2, -0.15) is 0 Å². The zero-order valence-electron chi connectivity index (χ0n) is 16.3. The molecule has 3 rings (SSSR count). The average Bonchev–Trinajstić information content (AvgIpc) is 3.39. The number of rotatable bonds is 5. The third-order valence-electron chi connectivity index (χ3n) is 5.14. The van der Waals surface area contributed by atoms with Gasteiger partial charge >= 0.3 is 12.1 Å². The van der Waals surface area contributed by atoms with Crippen LogP contribution in [0.25, 0.3) is 0 Å². The molecule has 1 N–H and O–H groups in total. The largest absolute Gasteiger partial charge is 0.478 e. The molecule has 1 aromatic carbocycles. The lowest BCUT2D eigenvalue weighted by Gasteiger charge is -2.32. The first-order valence-electron chi connectivity index (χ1n) is 9.65. The van der Waals surface area contributed by atoms with Gasteiger partial charge in [0.2, 0.25) is 0 Å². The molecule has 1 aliphatic carbocycles. The highest BCUT2D eigenvalue weighted by Gasteiger charge is 2.46. The maximum atomic E-state index is 12.8. The Balaban J connectivity index is 1.73. The summed E-state index contributed by atoms with van der Waals surface area (Å²) in [6, 6.07) is 7.08. The SMILES string of the molecule is CC(C)(C)OC(=O)N(CC1CCOCC1)C1CC1c1cccc(C(=O)O)c1. The van der Waals surface area contributed by atoms with E-state index >= 15 is 0 Å². The third-order valence-corrected chi connectivity index (χ3v) is 5.14. The standard InChI is InChI=1S/C21H29NO5/c1-21(2,3)27-20(25)22(13-14-7-9-26-10-8-14)18-12-17(18)15-5-4-6-16(11-15)19(23)24/h4-6,11,14,17-18H,7-10,12-13H2,1-3H3,(H,23,24). The van der Waals surface area contributed by atoms with Gasteiger partial charge in [0.15, 0.2) is 0 Å². The molecule has 1 aromatic rings. The summed E-state index contributed by atoms with van der Waals surface area (Å²) >= 11 is 0. The minimum absolute atomic E-state index is 0.0618. The molecule has 1 saturated heterocycles. The Morgan fingerprint density at radius 1 is 1.26 bits per heavy atom. The smallest absolute Gasteiger partial charge is 0.410 e. The number of aromatic carboxylic acids is 1. The summed E-state index contributed by atoms with van der Waals surface area (Å²) in [4.78, 5) is 25.9. The van der Waals surface area contributed by atoms with E-state index in [0.717, 1.165) is 38.0 Å². The van der Waals surface area contributed by atoms with Crippen molar-refractivity contribution >= 4 is 12.1 Å². The molecule has 6 nitrogen and oxygen atoms in total. The Bertz CT molecular complexity index is 690. The number of carboxylic acids is 1. The Labute approximate surface area is 160 Å². The minimum atomic E-state index is -0.930. The molecule has 0 radical (unpaired) electrons. The number of hydrogen-bond donors (Lipinski definition) is 1. The fourth-order valence-corrected chi connectivity index (χ4v) is 3.66. The van der Waals surface area contributed by atoms with Crippen LogP contribution in [0.4, 0.5) is 4.79 Å². The second-order valence-corrected chi connectivity index (χ2v) is 8.53. The number of carboxylic acid groups (broad SMARTS) is 1.